The highest BCUT2D eigenvalue weighted by Crippen LogP contribution is 2.80. The fourth-order valence-electron chi connectivity index (χ4n) is 4.99. The summed E-state index contributed by atoms with van der Waals surface area (Å²) in [6.07, 6.45) is 2.61. The molecule has 0 saturated heterocycles. The molecule has 0 aromatic carbocycles. The van der Waals surface area contributed by atoms with Crippen LogP contribution >= 0.6 is 69.6 Å². The van der Waals surface area contributed by atoms with Crippen LogP contribution in [-0.4, -0.2) is 14.1 Å². The van der Waals surface area contributed by atoms with Crippen LogP contribution in [0, 0.1) is 23.7 Å². The van der Waals surface area contributed by atoms with Crippen LogP contribution in [0.3, 0.4) is 0 Å². The lowest BCUT2D eigenvalue weighted by Gasteiger charge is -2.39. The predicted molar refractivity (Wildman–Crippen MR) is 78.1 cm³/mol. The van der Waals surface area contributed by atoms with Crippen molar-refractivity contribution in [3.63, 3.8) is 0 Å². The topological polar surface area (TPSA) is 0 Å². The molecule has 6 atom stereocenters. The molecule has 100 valence electrons. The average Bonchev–Trinajstić information content (AvgIpc) is 2.87. The second-order valence-electron chi connectivity index (χ2n) is 6.05. The van der Waals surface area contributed by atoms with E-state index in [4.69, 9.17) is 69.6 Å². The first-order valence-electron chi connectivity index (χ1n) is 6.06. The number of fused-ring (bicyclic) bond motifs is 9. The van der Waals surface area contributed by atoms with Gasteiger partial charge in [-0.25, -0.2) is 0 Å². The Kier molecular flexibility index (Phi) is 2.52. The van der Waals surface area contributed by atoms with Crippen molar-refractivity contribution in [1.82, 2.24) is 0 Å². The maximum absolute atomic E-state index is 6.78. The molecule has 4 aliphatic rings. The molecule has 0 aliphatic heterocycles. The summed E-state index contributed by atoms with van der Waals surface area (Å²) in [4.78, 5) is -1.31. The summed E-state index contributed by atoms with van der Waals surface area (Å²) < 4.78 is -0.727. The second kappa shape index (κ2) is 3.45. The fourth-order valence-corrected chi connectivity index (χ4v) is 8.04. The van der Waals surface area contributed by atoms with Gasteiger partial charge in [-0.1, -0.05) is 23.2 Å². The van der Waals surface area contributed by atoms with Crippen molar-refractivity contribution in [3.8, 4) is 0 Å². The zero-order valence-electron chi connectivity index (χ0n) is 9.20. The van der Waals surface area contributed by atoms with Crippen LogP contribution in [0.15, 0.2) is 10.1 Å². The smallest absolute Gasteiger partial charge is 0.113 e. The summed E-state index contributed by atoms with van der Waals surface area (Å²) in [5, 5.41) is 1.03. The zero-order chi connectivity index (χ0) is 13.1. The van der Waals surface area contributed by atoms with Crippen molar-refractivity contribution < 1.29 is 0 Å². The van der Waals surface area contributed by atoms with Crippen molar-refractivity contribution in [3.05, 3.63) is 10.1 Å². The largest absolute Gasteiger partial charge is 0.124 e. The van der Waals surface area contributed by atoms with E-state index in [-0.39, 0.29) is 23.7 Å². The van der Waals surface area contributed by atoms with Crippen molar-refractivity contribution >= 4 is 69.6 Å². The van der Waals surface area contributed by atoms with Crippen LogP contribution < -0.4 is 0 Å². The Hall–Kier alpha value is 1.48. The summed E-state index contributed by atoms with van der Waals surface area (Å²) in [6, 6.07) is 0. The number of halogens is 6. The van der Waals surface area contributed by atoms with Crippen LogP contribution in [0.1, 0.15) is 19.3 Å². The van der Waals surface area contributed by atoms with Crippen LogP contribution in [0.5, 0.6) is 0 Å². The van der Waals surface area contributed by atoms with Gasteiger partial charge < -0.3 is 0 Å². The highest BCUT2D eigenvalue weighted by atomic mass is 35.5. The van der Waals surface area contributed by atoms with E-state index in [1.54, 1.807) is 0 Å². The zero-order valence-corrected chi connectivity index (χ0v) is 13.7. The predicted octanol–water partition coefficient (Wildman–Crippen LogP) is 5.49. The third-order valence-corrected chi connectivity index (χ3v) is 9.14. The molecule has 4 aliphatic carbocycles. The minimum Gasteiger partial charge on any atom is -0.113 e. The van der Waals surface area contributed by atoms with E-state index in [1.807, 2.05) is 0 Å². The molecule has 0 radical (unpaired) electrons. The van der Waals surface area contributed by atoms with E-state index >= 15 is 0 Å². The van der Waals surface area contributed by atoms with E-state index in [0.717, 1.165) is 12.8 Å². The Morgan fingerprint density at radius 2 is 1.17 bits per heavy atom. The van der Waals surface area contributed by atoms with Gasteiger partial charge in [0.25, 0.3) is 0 Å². The summed E-state index contributed by atoms with van der Waals surface area (Å²) in [7, 11) is 0. The molecule has 3 saturated carbocycles. The summed E-state index contributed by atoms with van der Waals surface area (Å²) in [5.41, 5.74) is 0. The number of hydrogen-bond donors (Lipinski definition) is 0. The Morgan fingerprint density at radius 3 is 1.56 bits per heavy atom. The van der Waals surface area contributed by atoms with Crippen LogP contribution in [0.2, 0.25) is 0 Å². The number of alkyl halides is 4. The van der Waals surface area contributed by atoms with Crippen LogP contribution in [0.25, 0.3) is 0 Å². The lowest BCUT2D eigenvalue weighted by atomic mass is 9.73. The van der Waals surface area contributed by atoms with Gasteiger partial charge in [-0.15, -0.1) is 46.4 Å². The monoisotopic (exact) mass is 364 g/mol. The maximum Gasteiger partial charge on any atom is 0.124 e. The van der Waals surface area contributed by atoms with E-state index in [0.29, 0.717) is 16.5 Å². The van der Waals surface area contributed by atoms with E-state index in [9.17, 15) is 0 Å². The first-order valence-corrected chi connectivity index (χ1v) is 8.33. The lowest BCUT2D eigenvalue weighted by Crippen LogP contribution is -2.40. The van der Waals surface area contributed by atoms with Gasteiger partial charge in [-0.2, -0.15) is 0 Å². The molecular formula is C12H10Cl6. The van der Waals surface area contributed by atoms with Crippen LogP contribution in [0.4, 0.5) is 0 Å². The van der Waals surface area contributed by atoms with Gasteiger partial charge in [-0.05, 0) is 42.9 Å². The average molecular weight is 367 g/mol. The van der Waals surface area contributed by atoms with Crippen LogP contribution in [-0.2, 0) is 0 Å². The molecule has 3 fully saturated rings. The van der Waals surface area contributed by atoms with Gasteiger partial charge in [0.2, 0.25) is 0 Å². The minimum absolute atomic E-state index is 0.153. The normalized spacial score (nSPS) is 59.7. The summed E-state index contributed by atoms with van der Waals surface area (Å²) in [5.74, 6) is 0.654. The quantitative estimate of drug-likeness (QED) is 0.392. The third kappa shape index (κ3) is 1.14. The second-order valence-corrected chi connectivity index (χ2v) is 9.60. The van der Waals surface area contributed by atoms with E-state index in [1.165, 1.54) is 0 Å². The van der Waals surface area contributed by atoms with Gasteiger partial charge in [0.05, 0.1) is 19.8 Å². The Morgan fingerprint density at radius 1 is 0.778 bits per heavy atom. The molecule has 6 heteroatoms. The number of hydrogen-bond acceptors (Lipinski definition) is 0. The van der Waals surface area contributed by atoms with Crippen molar-refractivity contribution in [2.45, 2.75) is 33.3 Å². The fraction of sp³-hybridized carbons (Fsp3) is 0.833. The SMILES string of the molecule is ClC1=C(Cl)C2(Cl)CC1(Cl)C1C2C2CCC1C2(Cl)Cl. The third-order valence-electron chi connectivity index (χ3n) is 5.53. The van der Waals surface area contributed by atoms with Gasteiger partial charge in [-0.3, -0.25) is 0 Å². The first-order chi connectivity index (χ1) is 8.24. The van der Waals surface area contributed by atoms with Crippen molar-refractivity contribution in [2.75, 3.05) is 0 Å². The molecule has 4 rings (SSSR count). The van der Waals surface area contributed by atoms with Gasteiger partial charge in [0, 0.05) is 0 Å². The molecule has 6 unspecified atom stereocenters. The van der Waals surface area contributed by atoms with Gasteiger partial charge >= 0.3 is 0 Å². The molecule has 4 bridgehead atoms. The van der Waals surface area contributed by atoms with Crippen molar-refractivity contribution in [1.29, 1.82) is 0 Å². The highest BCUT2D eigenvalue weighted by molar-refractivity contribution is 6.52. The lowest BCUT2D eigenvalue weighted by molar-refractivity contribution is 0.219. The molecule has 0 aromatic heterocycles. The Bertz CT molecular complexity index is 445. The molecule has 0 heterocycles. The Balaban J connectivity index is 1.93. The molecule has 0 N–H and O–H groups in total. The molecule has 0 aromatic rings. The van der Waals surface area contributed by atoms with Gasteiger partial charge in [0.1, 0.15) is 4.33 Å². The molecule has 18 heavy (non-hydrogen) atoms. The number of allylic oxidation sites excluding steroid dienone is 2. The first kappa shape index (κ1) is 13.2. The molecular weight excluding hydrogens is 357 g/mol. The maximum atomic E-state index is 6.78. The molecule has 0 spiro atoms. The minimum atomic E-state index is -0.727. The van der Waals surface area contributed by atoms with Gasteiger partial charge in [0.15, 0.2) is 0 Å². The van der Waals surface area contributed by atoms with E-state index in [2.05, 4.69) is 0 Å². The summed E-state index contributed by atoms with van der Waals surface area (Å²) >= 11 is 39.3. The highest BCUT2D eigenvalue weighted by Gasteiger charge is 2.79. The van der Waals surface area contributed by atoms with E-state index < -0.39 is 14.1 Å². The number of rotatable bonds is 0. The van der Waals surface area contributed by atoms with Crippen molar-refractivity contribution in [2.24, 2.45) is 23.7 Å². The Labute approximate surface area is 136 Å². The molecule has 0 nitrogen and oxygen atoms in total. The standard InChI is InChI=1S/C12H10Cl6/c13-8-9(14)11(16)3-10(8,15)6-4-1-2-5(7(6)11)12(4,17)18/h4-7H,1-3H2. The molecule has 0 amide bonds. The summed E-state index contributed by atoms with van der Waals surface area (Å²) in [6.45, 7) is 0.